The number of imide groups is 1. The van der Waals surface area contributed by atoms with Gasteiger partial charge in [0.05, 0.1) is 0 Å². The third-order valence-electron chi connectivity index (χ3n) is 4.73. The van der Waals surface area contributed by atoms with Gasteiger partial charge in [-0.05, 0) is 43.9 Å². The molecule has 9 heteroatoms. The lowest BCUT2D eigenvalue weighted by molar-refractivity contribution is -0.133. The van der Waals surface area contributed by atoms with E-state index in [1.807, 2.05) is 12.1 Å². The minimum atomic E-state index is -0.986. The number of nitrogens with zero attached hydrogens (tertiary/aromatic N) is 1. The Balaban J connectivity index is 1.77. The maximum absolute atomic E-state index is 12.1. The van der Waals surface area contributed by atoms with Gasteiger partial charge in [0, 0.05) is 13.0 Å². The lowest BCUT2D eigenvalue weighted by Gasteiger charge is -2.20. The van der Waals surface area contributed by atoms with E-state index in [2.05, 4.69) is 36.9 Å². The van der Waals surface area contributed by atoms with Crippen LogP contribution in [0.2, 0.25) is 0 Å². The topological polar surface area (TPSA) is 117 Å². The largest absolute Gasteiger partial charge is 0.481 e. The summed E-state index contributed by atoms with van der Waals surface area (Å²) in [5.41, 5.74) is 4.72. The van der Waals surface area contributed by atoms with Crippen molar-refractivity contribution >= 4 is 23.8 Å². The zero-order chi connectivity index (χ0) is 22.7. The molecule has 30 heavy (non-hydrogen) atoms. The molecule has 1 saturated heterocycles. The van der Waals surface area contributed by atoms with Gasteiger partial charge in [-0.2, -0.15) is 0 Å². The van der Waals surface area contributed by atoms with Crippen LogP contribution in [0.3, 0.4) is 0 Å². The molecule has 3 N–H and O–H groups in total. The normalized spacial score (nSPS) is 16.7. The van der Waals surface area contributed by atoms with E-state index >= 15 is 0 Å². The molecule has 1 atom stereocenters. The Bertz CT molecular complexity index is 827. The summed E-state index contributed by atoms with van der Waals surface area (Å²) in [6, 6.07) is 6.93. The summed E-state index contributed by atoms with van der Waals surface area (Å²) in [5.74, 6) is -0.920. The second-order valence-electron chi connectivity index (χ2n) is 8.83. The average molecular weight is 418 g/mol. The van der Waals surface area contributed by atoms with Crippen molar-refractivity contribution in [3.63, 3.8) is 0 Å². The summed E-state index contributed by atoms with van der Waals surface area (Å²) < 4.78 is 5.60. The van der Waals surface area contributed by atoms with Crippen molar-refractivity contribution in [2.24, 2.45) is 0 Å². The van der Waals surface area contributed by atoms with Crippen LogP contribution in [0.4, 0.5) is 4.79 Å². The lowest BCUT2D eigenvalue weighted by atomic mass is 9.87. The van der Waals surface area contributed by atoms with Crippen molar-refractivity contribution in [1.29, 1.82) is 0 Å². The number of benzene rings is 1. The standard InChI is InChI=1S/C21H30N4O5/c1-13(30-15-9-7-14(8-10-15)20(2,3)4)17(27)24-23-16(26)11-12-25-18(28)21(5,6)22-19(25)29/h7-10,13H,11-12H2,1-6H3,(H,22,29)(H,23,26)(H,24,27)/t13-/m1/s1. The first-order chi connectivity index (χ1) is 13.8. The second kappa shape index (κ2) is 8.73. The van der Waals surface area contributed by atoms with Crippen LogP contribution in [-0.4, -0.2) is 46.8 Å². The second-order valence-corrected chi connectivity index (χ2v) is 8.83. The molecule has 2 rings (SSSR count). The molecule has 164 valence electrons. The highest BCUT2D eigenvalue weighted by Crippen LogP contribution is 2.24. The molecule has 1 aromatic carbocycles. The van der Waals surface area contributed by atoms with Crippen LogP contribution in [0.25, 0.3) is 0 Å². The van der Waals surface area contributed by atoms with Gasteiger partial charge >= 0.3 is 6.03 Å². The Hall–Kier alpha value is -3.10. The number of carbonyl (C=O) groups excluding carboxylic acids is 4. The Morgan fingerprint density at radius 3 is 2.23 bits per heavy atom. The summed E-state index contributed by atoms with van der Waals surface area (Å²) >= 11 is 0. The number of nitrogens with one attached hydrogen (secondary N) is 3. The Morgan fingerprint density at radius 1 is 1.13 bits per heavy atom. The van der Waals surface area contributed by atoms with Gasteiger partial charge in [-0.15, -0.1) is 0 Å². The van der Waals surface area contributed by atoms with Crippen molar-refractivity contribution in [3.8, 4) is 5.75 Å². The van der Waals surface area contributed by atoms with Gasteiger partial charge in [0.1, 0.15) is 11.3 Å². The first kappa shape index (κ1) is 23.2. The fourth-order valence-corrected chi connectivity index (χ4v) is 2.82. The molecule has 1 fully saturated rings. The van der Waals surface area contributed by atoms with Gasteiger partial charge in [0.2, 0.25) is 5.91 Å². The van der Waals surface area contributed by atoms with Crippen LogP contribution >= 0.6 is 0 Å². The summed E-state index contributed by atoms with van der Waals surface area (Å²) in [4.78, 5) is 49.0. The van der Waals surface area contributed by atoms with E-state index in [1.165, 1.54) is 0 Å². The number of urea groups is 1. The van der Waals surface area contributed by atoms with Gasteiger partial charge in [-0.1, -0.05) is 32.9 Å². The van der Waals surface area contributed by atoms with Crippen molar-refractivity contribution in [2.75, 3.05) is 6.54 Å². The quantitative estimate of drug-likeness (QED) is 0.479. The van der Waals surface area contributed by atoms with Crippen LogP contribution in [0.15, 0.2) is 24.3 Å². The van der Waals surface area contributed by atoms with Crippen molar-refractivity contribution in [1.82, 2.24) is 21.1 Å². The maximum atomic E-state index is 12.1. The van der Waals surface area contributed by atoms with Crippen LogP contribution in [0.5, 0.6) is 5.75 Å². The third kappa shape index (κ3) is 5.71. The Labute approximate surface area is 176 Å². The van der Waals surface area contributed by atoms with Crippen molar-refractivity contribution in [3.05, 3.63) is 29.8 Å². The number of carbonyl (C=O) groups is 4. The molecule has 0 radical (unpaired) electrons. The molecule has 1 aliphatic rings. The average Bonchev–Trinajstić information content (AvgIpc) is 2.84. The van der Waals surface area contributed by atoms with Crippen molar-refractivity contribution in [2.45, 2.75) is 65.0 Å². The van der Waals surface area contributed by atoms with Crippen LogP contribution < -0.4 is 20.9 Å². The van der Waals surface area contributed by atoms with E-state index in [9.17, 15) is 19.2 Å². The molecule has 0 aromatic heterocycles. The number of ether oxygens (including phenoxy) is 1. The van der Waals surface area contributed by atoms with Gasteiger partial charge < -0.3 is 10.1 Å². The van der Waals surface area contributed by atoms with E-state index in [4.69, 9.17) is 4.74 Å². The van der Waals surface area contributed by atoms with E-state index in [1.54, 1.807) is 32.9 Å². The van der Waals surface area contributed by atoms with Gasteiger partial charge in [0.15, 0.2) is 6.10 Å². The zero-order valence-electron chi connectivity index (χ0n) is 18.3. The van der Waals surface area contributed by atoms with E-state index < -0.39 is 35.4 Å². The molecule has 1 aromatic rings. The summed E-state index contributed by atoms with van der Waals surface area (Å²) in [6.45, 7) is 11.0. The van der Waals surface area contributed by atoms with Crippen LogP contribution in [-0.2, 0) is 19.8 Å². The summed E-state index contributed by atoms with van der Waals surface area (Å²) in [5, 5.41) is 2.54. The molecule has 1 heterocycles. The monoisotopic (exact) mass is 418 g/mol. The molecule has 0 spiro atoms. The van der Waals surface area contributed by atoms with E-state index in [-0.39, 0.29) is 18.4 Å². The fraction of sp³-hybridized carbons (Fsp3) is 0.524. The first-order valence-corrected chi connectivity index (χ1v) is 9.81. The maximum Gasteiger partial charge on any atom is 0.325 e. The van der Waals surface area contributed by atoms with Gasteiger partial charge in [-0.25, -0.2) is 4.79 Å². The summed E-state index contributed by atoms with van der Waals surface area (Å²) in [7, 11) is 0. The highest BCUT2D eigenvalue weighted by atomic mass is 16.5. The number of amides is 5. The zero-order valence-corrected chi connectivity index (χ0v) is 18.3. The predicted octanol–water partition coefficient (Wildman–Crippen LogP) is 1.62. The summed E-state index contributed by atoms with van der Waals surface area (Å²) in [6.07, 6.45) is -0.975. The highest BCUT2D eigenvalue weighted by Gasteiger charge is 2.44. The Morgan fingerprint density at radius 2 is 1.73 bits per heavy atom. The Kier molecular flexibility index (Phi) is 6.74. The minimum Gasteiger partial charge on any atom is -0.481 e. The highest BCUT2D eigenvalue weighted by molar-refractivity contribution is 6.06. The molecule has 0 saturated carbocycles. The van der Waals surface area contributed by atoms with Gasteiger partial charge in [-0.3, -0.25) is 30.1 Å². The van der Waals surface area contributed by atoms with E-state index in [0.29, 0.717) is 5.75 Å². The fourth-order valence-electron chi connectivity index (χ4n) is 2.82. The molecule has 9 nitrogen and oxygen atoms in total. The first-order valence-electron chi connectivity index (χ1n) is 9.81. The van der Waals surface area contributed by atoms with Crippen molar-refractivity contribution < 1.29 is 23.9 Å². The number of hydrazine groups is 1. The van der Waals surface area contributed by atoms with E-state index in [0.717, 1.165) is 10.5 Å². The molecular weight excluding hydrogens is 388 g/mol. The van der Waals surface area contributed by atoms with Gasteiger partial charge in [0.25, 0.3) is 11.8 Å². The number of rotatable bonds is 6. The SMILES string of the molecule is C[C@@H](Oc1ccc(C(C)(C)C)cc1)C(=O)NNC(=O)CCN1C(=O)NC(C)(C)C1=O. The predicted molar refractivity (Wildman–Crippen MR) is 110 cm³/mol. The number of hydrogen-bond acceptors (Lipinski definition) is 5. The van der Waals surface area contributed by atoms with Crippen LogP contribution in [0, 0.1) is 0 Å². The minimum absolute atomic E-state index is 0.0158. The third-order valence-corrected chi connectivity index (χ3v) is 4.73. The molecule has 1 aliphatic heterocycles. The molecular formula is C21H30N4O5. The van der Waals surface area contributed by atoms with Crippen LogP contribution in [0.1, 0.15) is 53.5 Å². The molecule has 5 amide bonds. The molecule has 0 unspecified atom stereocenters. The number of hydrogen-bond donors (Lipinski definition) is 3. The smallest absolute Gasteiger partial charge is 0.325 e. The lowest BCUT2D eigenvalue weighted by Crippen LogP contribution is -2.48. The molecule has 0 aliphatic carbocycles. The molecule has 0 bridgehead atoms.